The molecule has 0 atom stereocenters. The molecule has 3 aromatic rings. The molecule has 3 amide bonds. The number of benzene rings is 2. The Morgan fingerprint density at radius 3 is 2.67 bits per heavy atom. The lowest BCUT2D eigenvalue weighted by atomic mass is 10.1. The van der Waals surface area contributed by atoms with E-state index in [1.165, 1.54) is 27.8 Å². The van der Waals surface area contributed by atoms with Crippen LogP contribution < -0.4 is 11.1 Å². The summed E-state index contributed by atoms with van der Waals surface area (Å²) in [6, 6.07) is 13.0. The van der Waals surface area contributed by atoms with Crippen molar-refractivity contribution in [3.63, 3.8) is 0 Å². The van der Waals surface area contributed by atoms with E-state index in [9.17, 15) is 18.8 Å². The van der Waals surface area contributed by atoms with Crippen LogP contribution in [-0.2, 0) is 22.7 Å². The summed E-state index contributed by atoms with van der Waals surface area (Å²) in [5, 5.41) is 16.3. The van der Waals surface area contributed by atoms with Gasteiger partial charge in [0.2, 0.25) is 11.8 Å². The minimum Gasteiger partial charge on any atom is -0.364 e. The quantitative estimate of drug-likeness (QED) is 0.538. The van der Waals surface area contributed by atoms with E-state index in [0.717, 1.165) is 12.8 Å². The van der Waals surface area contributed by atoms with Crippen LogP contribution in [0, 0.1) is 17.1 Å². The standard InChI is InChI=1S/C23H21FN6O3/c24-21-14(10-25)4-3-5-15(21)11-27-19(31)12-29(16-8-9-16)20(32)13-30-18-7-2-1-6-17(18)22(28-30)23(26)33/h1-7,16H,8-9,11-13H2,(H2,26,33)(H,27,31). The Morgan fingerprint density at radius 1 is 1.21 bits per heavy atom. The smallest absolute Gasteiger partial charge is 0.269 e. The number of hydrogen-bond donors (Lipinski definition) is 2. The van der Waals surface area contributed by atoms with E-state index in [0.29, 0.717) is 10.9 Å². The normalized spacial score (nSPS) is 12.8. The fourth-order valence-corrected chi connectivity index (χ4v) is 3.66. The first-order valence-corrected chi connectivity index (χ1v) is 10.4. The van der Waals surface area contributed by atoms with Crippen LogP contribution in [0.25, 0.3) is 10.9 Å². The second-order valence-corrected chi connectivity index (χ2v) is 7.81. The molecule has 168 valence electrons. The molecule has 10 heteroatoms. The molecule has 1 heterocycles. The zero-order valence-electron chi connectivity index (χ0n) is 17.6. The van der Waals surface area contributed by atoms with Crippen LogP contribution in [0.15, 0.2) is 42.5 Å². The second-order valence-electron chi connectivity index (χ2n) is 7.81. The third-order valence-electron chi connectivity index (χ3n) is 5.47. The molecule has 1 aliphatic rings. The summed E-state index contributed by atoms with van der Waals surface area (Å²) in [5.74, 6) is -2.13. The molecule has 0 radical (unpaired) electrons. The Morgan fingerprint density at radius 2 is 1.97 bits per heavy atom. The Bertz CT molecular complexity index is 1290. The van der Waals surface area contributed by atoms with Gasteiger partial charge in [-0.05, 0) is 25.0 Å². The summed E-state index contributed by atoms with van der Waals surface area (Å²) in [6.45, 7) is -0.444. The summed E-state index contributed by atoms with van der Waals surface area (Å²) >= 11 is 0. The van der Waals surface area contributed by atoms with Crippen LogP contribution in [0.5, 0.6) is 0 Å². The molecule has 3 N–H and O–H groups in total. The Kier molecular flexibility index (Phi) is 6.04. The first-order valence-electron chi connectivity index (χ1n) is 10.4. The van der Waals surface area contributed by atoms with Crippen molar-refractivity contribution in [1.29, 1.82) is 5.26 Å². The molecule has 1 aliphatic carbocycles. The lowest BCUT2D eigenvalue weighted by Crippen LogP contribution is -2.43. The van der Waals surface area contributed by atoms with Crippen LogP contribution in [0.1, 0.15) is 34.5 Å². The molecule has 1 fully saturated rings. The Hall–Kier alpha value is -4.26. The molecular formula is C23H21FN6O3. The lowest BCUT2D eigenvalue weighted by molar-refractivity contribution is -0.137. The number of carbonyl (C=O) groups excluding carboxylic acids is 3. The van der Waals surface area contributed by atoms with Gasteiger partial charge in [-0.25, -0.2) is 4.39 Å². The van der Waals surface area contributed by atoms with Gasteiger partial charge < -0.3 is 16.0 Å². The molecule has 33 heavy (non-hydrogen) atoms. The lowest BCUT2D eigenvalue weighted by Gasteiger charge is -2.22. The van der Waals surface area contributed by atoms with E-state index in [4.69, 9.17) is 11.0 Å². The predicted octanol–water partition coefficient (Wildman–Crippen LogP) is 1.45. The topological polar surface area (TPSA) is 134 Å². The number of amides is 3. The van der Waals surface area contributed by atoms with Crippen molar-refractivity contribution in [1.82, 2.24) is 20.0 Å². The molecule has 0 spiro atoms. The van der Waals surface area contributed by atoms with Crippen LogP contribution in [0.2, 0.25) is 0 Å². The van der Waals surface area contributed by atoms with Crippen molar-refractivity contribution in [2.75, 3.05) is 6.54 Å². The van der Waals surface area contributed by atoms with Crippen LogP contribution in [0.4, 0.5) is 4.39 Å². The number of fused-ring (bicyclic) bond motifs is 1. The minimum absolute atomic E-state index is 0.0562. The molecule has 0 saturated heterocycles. The summed E-state index contributed by atoms with van der Waals surface area (Å²) in [4.78, 5) is 38.7. The van der Waals surface area contributed by atoms with Crippen molar-refractivity contribution in [3.05, 3.63) is 65.1 Å². The van der Waals surface area contributed by atoms with E-state index >= 15 is 0 Å². The number of nitrogens with two attached hydrogens (primary N) is 1. The highest BCUT2D eigenvalue weighted by atomic mass is 19.1. The van der Waals surface area contributed by atoms with Gasteiger partial charge in [0, 0.05) is 23.5 Å². The molecule has 0 unspecified atom stereocenters. The fourth-order valence-electron chi connectivity index (χ4n) is 3.66. The number of carbonyl (C=O) groups is 3. The third-order valence-corrected chi connectivity index (χ3v) is 5.47. The highest BCUT2D eigenvalue weighted by Crippen LogP contribution is 2.27. The summed E-state index contributed by atoms with van der Waals surface area (Å²) in [7, 11) is 0. The number of halogens is 1. The van der Waals surface area contributed by atoms with Gasteiger partial charge in [-0.1, -0.05) is 30.3 Å². The van der Waals surface area contributed by atoms with Gasteiger partial charge in [0.25, 0.3) is 5.91 Å². The highest BCUT2D eigenvalue weighted by molar-refractivity contribution is 6.04. The van der Waals surface area contributed by atoms with Crippen LogP contribution >= 0.6 is 0 Å². The number of primary amides is 1. The van der Waals surface area contributed by atoms with Crippen molar-refractivity contribution in [2.45, 2.75) is 32.0 Å². The average molecular weight is 448 g/mol. The van der Waals surface area contributed by atoms with E-state index in [1.807, 2.05) is 0 Å². The number of para-hydroxylation sites is 1. The van der Waals surface area contributed by atoms with Crippen LogP contribution in [0.3, 0.4) is 0 Å². The zero-order chi connectivity index (χ0) is 23.5. The molecule has 0 aliphatic heterocycles. The largest absolute Gasteiger partial charge is 0.364 e. The van der Waals surface area contributed by atoms with E-state index in [-0.39, 0.29) is 48.4 Å². The van der Waals surface area contributed by atoms with Crippen molar-refractivity contribution >= 4 is 28.6 Å². The van der Waals surface area contributed by atoms with Crippen molar-refractivity contribution in [2.24, 2.45) is 5.73 Å². The zero-order valence-corrected chi connectivity index (χ0v) is 17.6. The fraction of sp³-hybridized carbons (Fsp3) is 0.261. The summed E-state index contributed by atoms with van der Waals surface area (Å²) in [6.07, 6.45) is 1.56. The molecule has 1 saturated carbocycles. The first-order chi connectivity index (χ1) is 15.9. The molecule has 0 bridgehead atoms. The summed E-state index contributed by atoms with van der Waals surface area (Å²) < 4.78 is 15.6. The SMILES string of the molecule is N#Cc1cccc(CNC(=O)CN(C(=O)Cn2nc(C(N)=O)c3ccccc32)C2CC2)c1F. The number of aromatic nitrogens is 2. The second kappa shape index (κ2) is 9.08. The Balaban J connectivity index is 1.45. The maximum absolute atomic E-state index is 14.2. The predicted molar refractivity (Wildman–Crippen MR) is 116 cm³/mol. The summed E-state index contributed by atoms with van der Waals surface area (Å²) in [5.41, 5.74) is 6.17. The van der Waals surface area contributed by atoms with Gasteiger partial charge in [-0.15, -0.1) is 0 Å². The van der Waals surface area contributed by atoms with Crippen LogP contribution in [-0.4, -0.2) is 45.0 Å². The minimum atomic E-state index is -0.691. The monoisotopic (exact) mass is 448 g/mol. The molecule has 9 nitrogen and oxygen atoms in total. The molecule has 2 aromatic carbocycles. The third kappa shape index (κ3) is 4.67. The van der Waals surface area contributed by atoms with Gasteiger partial charge >= 0.3 is 0 Å². The van der Waals surface area contributed by atoms with E-state index < -0.39 is 17.6 Å². The van der Waals surface area contributed by atoms with Gasteiger partial charge in [0.15, 0.2) is 5.69 Å². The van der Waals surface area contributed by atoms with Crippen molar-refractivity contribution in [3.8, 4) is 6.07 Å². The number of nitrogens with zero attached hydrogens (tertiary/aromatic N) is 4. The van der Waals surface area contributed by atoms with E-state index in [1.54, 1.807) is 30.3 Å². The van der Waals surface area contributed by atoms with Crippen molar-refractivity contribution < 1.29 is 18.8 Å². The average Bonchev–Trinajstić information content (AvgIpc) is 3.58. The number of hydrogen-bond acceptors (Lipinski definition) is 5. The van der Waals surface area contributed by atoms with Gasteiger partial charge in [-0.3, -0.25) is 19.1 Å². The van der Waals surface area contributed by atoms with Gasteiger partial charge in [0.05, 0.1) is 17.6 Å². The molecule has 4 rings (SSSR count). The van der Waals surface area contributed by atoms with Gasteiger partial charge in [0.1, 0.15) is 18.4 Å². The number of rotatable bonds is 8. The maximum atomic E-state index is 14.2. The molecule has 1 aromatic heterocycles. The van der Waals surface area contributed by atoms with E-state index in [2.05, 4.69) is 10.4 Å². The Labute approximate surface area is 188 Å². The highest BCUT2D eigenvalue weighted by Gasteiger charge is 2.34. The number of nitriles is 1. The maximum Gasteiger partial charge on any atom is 0.269 e. The van der Waals surface area contributed by atoms with Gasteiger partial charge in [-0.2, -0.15) is 10.4 Å². The molecular weight excluding hydrogens is 427 g/mol. The number of nitrogens with one attached hydrogen (secondary N) is 1. The first kappa shape index (κ1) is 22.0.